The van der Waals surface area contributed by atoms with E-state index in [1.54, 1.807) is 6.07 Å². The Bertz CT molecular complexity index is 1100. The zero-order valence-electron chi connectivity index (χ0n) is 19.8. The van der Waals surface area contributed by atoms with Crippen LogP contribution in [0.1, 0.15) is 60.4 Å². The zero-order valence-corrected chi connectivity index (χ0v) is 22.2. The third-order valence-electron chi connectivity index (χ3n) is 5.55. The molecule has 1 heterocycles. The third kappa shape index (κ3) is 6.50. The summed E-state index contributed by atoms with van der Waals surface area (Å²) >= 11 is 13.6. The number of nitrogens with one attached hydrogen (secondary N) is 1. The average Bonchev–Trinajstić information content (AvgIpc) is 3.13. The van der Waals surface area contributed by atoms with Gasteiger partial charge >= 0.3 is 0 Å². The number of carbonyl (C=O) groups excluding carboxylic acids is 1. The number of rotatable bonds is 8. The van der Waals surface area contributed by atoms with Gasteiger partial charge in [-0.3, -0.25) is 4.79 Å². The smallest absolute Gasteiger partial charge is 0.259 e. The summed E-state index contributed by atoms with van der Waals surface area (Å²) in [5, 5.41) is 5.16. The van der Waals surface area contributed by atoms with E-state index in [-0.39, 0.29) is 11.3 Å². The van der Waals surface area contributed by atoms with Crippen LogP contribution in [-0.4, -0.2) is 28.3 Å². The molecule has 0 spiro atoms. The summed E-state index contributed by atoms with van der Waals surface area (Å²) in [6.45, 7) is 12.3. The van der Waals surface area contributed by atoms with Crippen LogP contribution in [-0.2, 0) is 18.4 Å². The predicted molar refractivity (Wildman–Crippen MR) is 141 cm³/mol. The van der Waals surface area contributed by atoms with Crippen molar-refractivity contribution in [2.45, 2.75) is 53.0 Å². The summed E-state index contributed by atoms with van der Waals surface area (Å²) in [6.07, 6.45) is 0.676. The number of hydrogen-bond acceptors (Lipinski definition) is 4. The molecule has 3 aromatic rings. The first kappa shape index (κ1) is 25.5. The highest BCUT2D eigenvalue weighted by Crippen LogP contribution is 2.28. The molecule has 0 unspecified atom stereocenters. The van der Waals surface area contributed by atoms with Gasteiger partial charge in [0.15, 0.2) is 0 Å². The lowest BCUT2D eigenvalue weighted by atomic mass is 9.87. The van der Waals surface area contributed by atoms with Crippen molar-refractivity contribution in [1.82, 2.24) is 9.27 Å². The van der Waals surface area contributed by atoms with Crippen LogP contribution in [0.25, 0.3) is 0 Å². The van der Waals surface area contributed by atoms with Crippen LogP contribution in [0.2, 0.25) is 10.0 Å². The summed E-state index contributed by atoms with van der Waals surface area (Å²) in [7, 11) is 0. The third-order valence-corrected chi connectivity index (χ3v) is 7.18. The minimum atomic E-state index is -0.0165. The van der Waals surface area contributed by atoms with Crippen LogP contribution < -0.4 is 5.32 Å². The Balaban J connectivity index is 1.87. The Morgan fingerprint density at radius 2 is 1.73 bits per heavy atom. The topological polar surface area (TPSA) is 45.2 Å². The van der Waals surface area contributed by atoms with E-state index in [1.165, 1.54) is 17.1 Å². The molecule has 3 rings (SSSR count). The molecule has 0 bridgehead atoms. The van der Waals surface area contributed by atoms with Crippen molar-refractivity contribution in [3.8, 4) is 0 Å². The van der Waals surface area contributed by atoms with Crippen molar-refractivity contribution >= 4 is 45.6 Å². The minimum Gasteiger partial charge on any atom is -0.375 e. The van der Waals surface area contributed by atoms with Crippen molar-refractivity contribution in [1.29, 1.82) is 0 Å². The molecule has 0 saturated carbocycles. The van der Waals surface area contributed by atoms with Crippen LogP contribution in [0.4, 0.5) is 5.00 Å². The molecule has 1 N–H and O–H groups in total. The van der Waals surface area contributed by atoms with Gasteiger partial charge in [0.1, 0.15) is 5.00 Å². The van der Waals surface area contributed by atoms with Gasteiger partial charge in [-0.05, 0) is 66.0 Å². The van der Waals surface area contributed by atoms with Crippen LogP contribution in [0.5, 0.6) is 0 Å². The van der Waals surface area contributed by atoms with E-state index in [2.05, 4.69) is 54.7 Å². The van der Waals surface area contributed by atoms with E-state index in [0.29, 0.717) is 35.1 Å². The summed E-state index contributed by atoms with van der Waals surface area (Å²) in [6, 6.07) is 14.2. The maximum absolute atomic E-state index is 13.7. The second-order valence-electron chi connectivity index (χ2n) is 9.17. The van der Waals surface area contributed by atoms with Gasteiger partial charge in [-0.15, -0.1) is 0 Å². The highest BCUT2D eigenvalue weighted by molar-refractivity contribution is 7.10. The van der Waals surface area contributed by atoms with Crippen molar-refractivity contribution in [2.24, 2.45) is 0 Å². The summed E-state index contributed by atoms with van der Waals surface area (Å²) in [4.78, 5) is 15.6. The molecule has 176 valence electrons. The normalized spacial score (nSPS) is 11.5. The van der Waals surface area contributed by atoms with Crippen molar-refractivity contribution in [3.05, 3.63) is 80.5 Å². The van der Waals surface area contributed by atoms with E-state index < -0.39 is 0 Å². The molecule has 0 radical (unpaired) electrons. The number of halogens is 2. The number of nitrogens with zero attached hydrogens (tertiary/aromatic N) is 2. The van der Waals surface area contributed by atoms with Crippen LogP contribution in [0, 0.1) is 6.92 Å². The fourth-order valence-corrected chi connectivity index (χ4v) is 4.78. The largest absolute Gasteiger partial charge is 0.375 e. The molecule has 1 amide bonds. The Morgan fingerprint density at radius 1 is 1.06 bits per heavy atom. The summed E-state index contributed by atoms with van der Waals surface area (Å²) in [5.74, 6) is -0.0165. The molecule has 0 saturated heterocycles. The average molecular weight is 505 g/mol. The van der Waals surface area contributed by atoms with E-state index in [1.807, 2.05) is 30.9 Å². The first-order valence-electron chi connectivity index (χ1n) is 11.1. The van der Waals surface area contributed by atoms with Gasteiger partial charge < -0.3 is 10.2 Å². The Labute approximate surface area is 211 Å². The fourth-order valence-electron chi connectivity index (χ4n) is 3.60. The highest BCUT2D eigenvalue weighted by atomic mass is 35.5. The summed E-state index contributed by atoms with van der Waals surface area (Å²) in [5.41, 5.74) is 4.90. The molecule has 0 aliphatic rings. The molecule has 0 aliphatic heterocycles. The molecular weight excluding hydrogens is 473 g/mol. The second-order valence-corrected chi connectivity index (χ2v) is 10.8. The van der Waals surface area contributed by atoms with Gasteiger partial charge in [-0.1, -0.05) is 74.3 Å². The number of aryl methyl sites for hydroxylation is 1. The van der Waals surface area contributed by atoms with Crippen molar-refractivity contribution < 1.29 is 4.79 Å². The lowest BCUT2D eigenvalue weighted by molar-refractivity contribution is 0.0745. The van der Waals surface area contributed by atoms with Gasteiger partial charge in [-0.25, -0.2) is 0 Å². The Hall–Kier alpha value is -2.08. The van der Waals surface area contributed by atoms with Crippen LogP contribution >= 0.6 is 34.7 Å². The molecule has 1 aromatic heterocycles. The second kappa shape index (κ2) is 10.9. The summed E-state index contributed by atoms with van der Waals surface area (Å²) < 4.78 is 4.42. The van der Waals surface area contributed by atoms with Gasteiger partial charge in [0.05, 0.1) is 21.3 Å². The van der Waals surface area contributed by atoms with E-state index in [0.717, 1.165) is 28.4 Å². The van der Waals surface area contributed by atoms with Crippen molar-refractivity contribution in [3.63, 3.8) is 0 Å². The molecule has 2 aromatic carbocycles. The number of benzene rings is 2. The highest BCUT2D eigenvalue weighted by Gasteiger charge is 2.24. The number of anilines is 1. The number of aromatic nitrogens is 1. The lowest BCUT2D eigenvalue weighted by Gasteiger charge is -2.25. The number of hydrogen-bond donors (Lipinski definition) is 1. The first-order chi connectivity index (χ1) is 15.6. The van der Waals surface area contributed by atoms with Gasteiger partial charge in [-0.2, -0.15) is 4.37 Å². The molecule has 0 fully saturated rings. The van der Waals surface area contributed by atoms with E-state index >= 15 is 0 Å². The quantitative estimate of drug-likeness (QED) is 0.348. The van der Waals surface area contributed by atoms with Crippen molar-refractivity contribution in [2.75, 3.05) is 18.4 Å². The molecule has 33 heavy (non-hydrogen) atoms. The van der Waals surface area contributed by atoms with Gasteiger partial charge in [0.25, 0.3) is 5.91 Å². The molecule has 0 atom stereocenters. The number of amides is 1. The number of carbonyl (C=O) groups is 1. The maximum Gasteiger partial charge on any atom is 0.259 e. The standard InChI is InChI=1S/C26H31Cl2N3OS/c1-6-29-24-23(17(2)30-33-24)25(32)31(14-13-18-9-12-21(27)22(28)15-18)16-19-7-10-20(11-8-19)26(3,4)5/h7-12,15,29H,6,13-14,16H2,1-5H3. The first-order valence-corrected chi connectivity index (χ1v) is 12.7. The minimum absolute atomic E-state index is 0.0165. The SMILES string of the molecule is CCNc1snc(C)c1C(=O)N(CCc1ccc(Cl)c(Cl)c1)Cc1ccc(C(C)(C)C)cc1. The molecule has 4 nitrogen and oxygen atoms in total. The van der Waals surface area contributed by atoms with Crippen LogP contribution in [0.15, 0.2) is 42.5 Å². The Morgan fingerprint density at radius 3 is 2.33 bits per heavy atom. The molecule has 0 aliphatic carbocycles. The monoisotopic (exact) mass is 503 g/mol. The lowest BCUT2D eigenvalue weighted by Crippen LogP contribution is -2.33. The fraction of sp³-hybridized carbons (Fsp3) is 0.385. The maximum atomic E-state index is 13.7. The van der Waals surface area contributed by atoms with Crippen LogP contribution in [0.3, 0.4) is 0 Å². The van der Waals surface area contributed by atoms with E-state index in [4.69, 9.17) is 23.2 Å². The zero-order chi connectivity index (χ0) is 24.2. The molecule has 7 heteroatoms. The van der Waals surface area contributed by atoms with E-state index in [9.17, 15) is 4.79 Å². The Kier molecular flexibility index (Phi) is 8.43. The van der Waals surface area contributed by atoms with Gasteiger partial charge in [0.2, 0.25) is 0 Å². The predicted octanol–water partition coefficient (Wildman–Crippen LogP) is 7.37. The molecular formula is C26H31Cl2N3OS. The van der Waals surface area contributed by atoms with Gasteiger partial charge in [0, 0.05) is 19.6 Å².